The molecule has 0 amide bonds. The molecule has 0 aliphatic heterocycles. The Balaban J connectivity index is 0.00000200. The van der Waals surface area contributed by atoms with Crippen LogP contribution in [0.3, 0.4) is 0 Å². The van der Waals surface area contributed by atoms with Gasteiger partial charge in [-0.05, 0) is 17.7 Å². The van der Waals surface area contributed by atoms with Crippen molar-refractivity contribution in [2.45, 2.75) is 6.54 Å². The van der Waals surface area contributed by atoms with Gasteiger partial charge >= 0.3 is 0 Å². The van der Waals surface area contributed by atoms with Gasteiger partial charge in [0.15, 0.2) is 5.82 Å². The fourth-order valence-electron chi connectivity index (χ4n) is 1.52. The first-order valence-corrected chi connectivity index (χ1v) is 5.90. The number of hydrogen-bond acceptors (Lipinski definition) is 3. The minimum absolute atomic E-state index is 0. The standard InChI is InChI=1S/C12H13ClN6.ClH/c13-10-3-1-9(2-4-10)8-19-6-5-16-11(19)7-17-18-12(14)15;/h1-7H,8H2,(H4,14,15,18);1H/b17-7+;. The highest BCUT2D eigenvalue weighted by molar-refractivity contribution is 6.30. The summed E-state index contributed by atoms with van der Waals surface area (Å²) in [6.07, 6.45) is 5.04. The van der Waals surface area contributed by atoms with Crippen molar-refractivity contribution in [1.29, 1.82) is 0 Å². The van der Waals surface area contributed by atoms with Crippen LogP contribution in [0.5, 0.6) is 0 Å². The smallest absolute Gasteiger partial charge is 0.211 e. The summed E-state index contributed by atoms with van der Waals surface area (Å²) < 4.78 is 1.93. The summed E-state index contributed by atoms with van der Waals surface area (Å²) >= 11 is 5.84. The van der Waals surface area contributed by atoms with Gasteiger partial charge in [0.05, 0.1) is 6.21 Å². The molecule has 0 radical (unpaired) electrons. The normalized spacial score (nSPS) is 10.2. The molecule has 0 bridgehead atoms. The summed E-state index contributed by atoms with van der Waals surface area (Å²) in [7, 11) is 0. The number of benzene rings is 1. The predicted octanol–water partition coefficient (Wildman–Crippen LogP) is 1.61. The molecule has 0 saturated carbocycles. The monoisotopic (exact) mass is 312 g/mol. The van der Waals surface area contributed by atoms with Crippen LogP contribution in [0.1, 0.15) is 11.4 Å². The lowest BCUT2D eigenvalue weighted by Gasteiger charge is -2.04. The van der Waals surface area contributed by atoms with Crippen molar-refractivity contribution in [3.8, 4) is 0 Å². The number of guanidine groups is 1. The van der Waals surface area contributed by atoms with Crippen LogP contribution in [-0.4, -0.2) is 21.7 Å². The lowest BCUT2D eigenvalue weighted by Crippen LogP contribution is -2.21. The second kappa shape index (κ2) is 7.52. The van der Waals surface area contributed by atoms with E-state index in [1.54, 1.807) is 6.20 Å². The first-order valence-electron chi connectivity index (χ1n) is 5.52. The summed E-state index contributed by atoms with van der Waals surface area (Å²) in [6.45, 7) is 0.667. The third-order valence-corrected chi connectivity index (χ3v) is 2.61. The van der Waals surface area contributed by atoms with E-state index in [2.05, 4.69) is 15.2 Å². The average molecular weight is 313 g/mol. The van der Waals surface area contributed by atoms with Gasteiger partial charge in [0.1, 0.15) is 0 Å². The van der Waals surface area contributed by atoms with Crippen LogP contribution in [0.15, 0.2) is 46.9 Å². The Morgan fingerprint density at radius 3 is 2.65 bits per heavy atom. The molecule has 0 saturated heterocycles. The maximum Gasteiger partial charge on any atom is 0.211 e. The number of rotatable bonds is 4. The van der Waals surface area contributed by atoms with Crippen LogP contribution in [-0.2, 0) is 6.54 Å². The first kappa shape index (κ1) is 16.0. The molecule has 0 spiro atoms. The van der Waals surface area contributed by atoms with E-state index in [1.165, 1.54) is 6.21 Å². The van der Waals surface area contributed by atoms with E-state index in [-0.39, 0.29) is 18.4 Å². The lowest BCUT2D eigenvalue weighted by atomic mass is 10.2. The molecule has 1 aromatic heterocycles. The highest BCUT2D eigenvalue weighted by atomic mass is 35.5. The van der Waals surface area contributed by atoms with E-state index in [9.17, 15) is 0 Å². The van der Waals surface area contributed by atoms with E-state index >= 15 is 0 Å². The van der Waals surface area contributed by atoms with E-state index in [0.29, 0.717) is 17.4 Å². The van der Waals surface area contributed by atoms with Crippen LogP contribution in [0.2, 0.25) is 5.02 Å². The van der Waals surface area contributed by atoms with Crippen molar-refractivity contribution in [2.75, 3.05) is 0 Å². The predicted molar refractivity (Wildman–Crippen MR) is 83.4 cm³/mol. The molecule has 1 aromatic carbocycles. The van der Waals surface area contributed by atoms with Gasteiger partial charge in [-0.1, -0.05) is 23.7 Å². The zero-order valence-corrected chi connectivity index (χ0v) is 12.1. The quantitative estimate of drug-likeness (QED) is 0.510. The number of nitrogens with two attached hydrogens (primary N) is 2. The van der Waals surface area contributed by atoms with Gasteiger partial charge in [0.25, 0.3) is 0 Å². The average Bonchev–Trinajstić information content (AvgIpc) is 2.79. The SMILES string of the molecule is Cl.NC(N)=N/N=C/c1nccn1Cc1ccc(Cl)cc1. The van der Waals surface area contributed by atoms with E-state index in [1.807, 2.05) is 35.0 Å². The summed E-state index contributed by atoms with van der Waals surface area (Å²) in [5.74, 6) is 0.576. The molecule has 6 nitrogen and oxygen atoms in total. The van der Waals surface area contributed by atoms with Crippen molar-refractivity contribution < 1.29 is 0 Å². The minimum atomic E-state index is -0.0907. The lowest BCUT2D eigenvalue weighted by molar-refractivity contribution is 0.789. The number of nitrogens with zero attached hydrogens (tertiary/aromatic N) is 4. The van der Waals surface area contributed by atoms with Crippen molar-refractivity contribution in [3.63, 3.8) is 0 Å². The minimum Gasteiger partial charge on any atom is -0.369 e. The molecule has 1 heterocycles. The summed E-state index contributed by atoms with van der Waals surface area (Å²) in [5.41, 5.74) is 11.5. The molecule has 0 aliphatic carbocycles. The Morgan fingerprint density at radius 1 is 1.30 bits per heavy atom. The van der Waals surface area contributed by atoms with Gasteiger partial charge in [0.2, 0.25) is 5.96 Å². The summed E-state index contributed by atoms with van der Waals surface area (Å²) in [6, 6.07) is 7.61. The third kappa shape index (κ3) is 4.56. The van der Waals surface area contributed by atoms with Crippen molar-refractivity contribution >= 4 is 36.2 Å². The fourth-order valence-corrected chi connectivity index (χ4v) is 1.64. The van der Waals surface area contributed by atoms with Crippen molar-refractivity contribution in [2.24, 2.45) is 21.7 Å². The van der Waals surface area contributed by atoms with Crippen LogP contribution in [0, 0.1) is 0 Å². The molecule has 0 unspecified atom stereocenters. The Kier molecular flexibility index (Phi) is 6.02. The Bertz CT molecular complexity index is 599. The molecule has 4 N–H and O–H groups in total. The fraction of sp³-hybridized carbons (Fsp3) is 0.0833. The van der Waals surface area contributed by atoms with Gasteiger partial charge in [-0.3, -0.25) is 0 Å². The zero-order valence-electron chi connectivity index (χ0n) is 10.5. The summed E-state index contributed by atoms with van der Waals surface area (Å²) in [4.78, 5) is 4.16. The topological polar surface area (TPSA) is 94.6 Å². The van der Waals surface area contributed by atoms with Crippen LogP contribution in [0.4, 0.5) is 0 Å². The Labute approximate surface area is 127 Å². The molecule has 20 heavy (non-hydrogen) atoms. The highest BCUT2D eigenvalue weighted by Gasteiger charge is 2.01. The second-order valence-corrected chi connectivity index (χ2v) is 4.25. The molecule has 0 atom stereocenters. The summed E-state index contributed by atoms with van der Waals surface area (Å²) in [5, 5.41) is 7.98. The van der Waals surface area contributed by atoms with Crippen molar-refractivity contribution in [1.82, 2.24) is 9.55 Å². The molecule has 2 rings (SSSR count). The van der Waals surface area contributed by atoms with E-state index < -0.39 is 0 Å². The van der Waals surface area contributed by atoms with Crippen LogP contribution in [0.25, 0.3) is 0 Å². The molecular weight excluding hydrogens is 299 g/mol. The zero-order chi connectivity index (χ0) is 13.7. The number of aromatic nitrogens is 2. The van der Waals surface area contributed by atoms with Gasteiger partial charge < -0.3 is 16.0 Å². The molecule has 0 aliphatic rings. The molecule has 0 fully saturated rings. The number of halogens is 2. The van der Waals surface area contributed by atoms with E-state index in [4.69, 9.17) is 23.1 Å². The van der Waals surface area contributed by atoms with E-state index in [0.717, 1.165) is 5.56 Å². The Hall–Kier alpha value is -2.05. The van der Waals surface area contributed by atoms with Crippen LogP contribution < -0.4 is 11.5 Å². The Morgan fingerprint density at radius 2 is 2.00 bits per heavy atom. The highest BCUT2D eigenvalue weighted by Crippen LogP contribution is 2.11. The first-order chi connectivity index (χ1) is 9.15. The molecule has 8 heteroatoms. The maximum atomic E-state index is 5.84. The second-order valence-electron chi connectivity index (χ2n) is 3.81. The molecule has 2 aromatic rings. The number of imidazole rings is 1. The van der Waals surface area contributed by atoms with Gasteiger partial charge in [-0.25, -0.2) is 4.98 Å². The van der Waals surface area contributed by atoms with Gasteiger partial charge in [-0.2, -0.15) is 5.10 Å². The molecule has 106 valence electrons. The largest absolute Gasteiger partial charge is 0.369 e. The molecular formula is C12H14Cl2N6. The van der Waals surface area contributed by atoms with Gasteiger partial charge in [-0.15, -0.1) is 17.5 Å². The number of hydrogen-bond donors (Lipinski definition) is 2. The van der Waals surface area contributed by atoms with Crippen molar-refractivity contribution in [3.05, 3.63) is 53.1 Å². The third-order valence-electron chi connectivity index (χ3n) is 2.36. The maximum absolute atomic E-state index is 5.84. The van der Waals surface area contributed by atoms with Crippen LogP contribution >= 0.6 is 24.0 Å². The van der Waals surface area contributed by atoms with Gasteiger partial charge in [0, 0.05) is 24.0 Å².